The van der Waals surface area contributed by atoms with Crippen LogP contribution in [0, 0.1) is 3.57 Å². The van der Waals surface area contributed by atoms with E-state index in [9.17, 15) is 13.2 Å². The van der Waals surface area contributed by atoms with Gasteiger partial charge < -0.3 is 5.11 Å². The Hall–Kier alpha value is 0.0200. The molecule has 1 rings (SSSR count). The third-order valence-corrected chi connectivity index (χ3v) is 2.86. The van der Waals surface area contributed by atoms with Gasteiger partial charge in [0.1, 0.15) is 5.75 Å². The summed E-state index contributed by atoms with van der Waals surface area (Å²) in [6.07, 6.45) is -4.44. The van der Waals surface area contributed by atoms with Gasteiger partial charge in [0, 0.05) is 4.47 Å². The van der Waals surface area contributed by atoms with Gasteiger partial charge in [0.2, 0.25) is 0 Å². The molecule has 0 unspecified atom stereocenters. The Morgan fingerprint density at radius 2 is 1.85 bits per heavy atom. The summed E-state index contributed by atoms with van der Waals surface area (Å²) in [7, 11) is 0. The second kappa shape index (κ2) is 3.64. The Balaban J connectivity index is 3.32. The van der Waals surface area contributed by atoms with Crippen molar-refractivity contribution in [3.05, 3.63) is 25.7 Å². The third kappa shape index (κ3) is 2.49. The van der Waals surface area contributed by atoms with Gasteiger partial charge in [-0.15, -0.1) is 0 Å². The fraction of sp³-hybridized carbons (Fsp3) is 0.143. The van der Waals surface area contributed by atoms with Gasteiger partial charge in [-0.25, -0.2) is 0 Å². The van der Waals surface area contributed by atoms with E-state index in [1.165, 1.54) is 6.07 Å². The highest BCUT2D eigenvalue weighted by atomic mass is 127. The minimum atomic E-state index is -4.44. The normalized spacial score (nSPS) is 11.8. The van der Waals surface area contributed by atoms with E-state index in [1.54, 1.807) is 22.6 Å². The van der Waals surface area contributed by atoms with Crippen molar-refractivity contribution in [3.63, 3.8) is 0 Å². The predicted molar refractivity (Wildman–Crippen MR) is 53.5 cm³/mol. The van der Waals surface area contributed by atoms with E-state index in [0.717, 1.165) is 0 Å². The monoisotopic (exact) mass is 366 g/mol. The van der Waals surface area contributed by atoms with Gasteiger partial charge in [-0.1, -0.05) is 15.9 Å². The van der Waals surface area contributed by atoms with Gasteiger partial charge in [0.15, 0.2) is 0 Å². The van der Waals surface area contributed by atoms with Crippen molar-refractivity contribution in [1.82, 2.24) is 0 Å². The van der Waals surface area contributed by atoms with Crippen LogP contribution in [0.5, 0.6) is 5.75 Å². The van der Waals surface area contributed by atoms with E-state index in [-0.39, 0.29) is 10.2 Å². The first-order valence-electron chi connectivity index (χ1n) is 3.07. The number of phenolic OH excluding ortho intramolecular Hbond substituents is 1. The lowest BCUT2D eigenvalue weighted by atomic mass is 10.2. The maximum Gasteiger partial charge on any atom is 0.417 e. The molecule has 6 heteroatoms. The van der Waals surface area contributed by atoms with Crippen molar-refractivity contribution in [2.24, 2.45) is 0 Å². The molecule has 72 valence electrons. The van der Waals surface area contributed by atoms with Crippen molar-refractivity contribution >= 4 is 38.5 Å². The first kappa shape index (κ1) is 11.1. The number of rotatable bonds is 0. The molecule has 0 spiro atoms. The molecule has 0 saturated heterocycles. The van der Waals surface area contributed by atoms with Crippen LogP contribution in [-0.2, 0) is 6.18 Å². The largest absolute Gasteiger partial charge is 0.507 e. The zero-order chi connectivity index (χ0) is 10.2. The average molecular weight is 367 g/mol. The van der Waals surface area contributed by atoms with Gasteiger partial charge in [0.05, 0.1) is 9.13 Å². The van der Waals surface area contributed by atoms with Crippen molar-refractivity contribution in [2.45, 2.75) is 6.18 Å². The molecule has 0 heterocycles. The molecule has 1 N–H and O–H groups in total. The molecule has 0 radical (unpaired) electrons. The number of benzene rings is 1. The summed E-state index contributed by atoms with van der Waals surface area (Å²) < 4.78 is 37.0. The van der Waals surface area contributed by atoms with Crippen LogP contribution in [0.4, 0.5) is 13.2 Å². The second-order valence-electron chi connectivity index (χ2n) is 2.28. The number of hydrogen-bond acceptors (Lipinski definition) is 1. The minimum absolute atomic E-state index is 0.0674. The number of halogens is 5. The lowest BCUT2D eigenvalue weighted by Crippen LogP contribution is -2.06. The van der Waals surface area contributed by atoms with Gasteiger partial charge in [0.25, 0.3) is 0 Å². The van der Waals surface area contributed by atoms with Crippen LogP contribution in [0.15, 0.2) is 16.6 Å². The van der Waals surface area contributed by atoms with Crippen molar-refractivity contribution in [2.75, 3.05) is 0 Å². The number of alkyl halides is 3. The molecule has 0 saturated carbocycles. The van der Waals surface area contributed by atoms with Gasteiger partial charge >= 0.3 is 6.18 Å². The van der Waals surface area contributed by atoms with Crippen LogP contribution in [0.25, 0.3) is 0 Å². The van der Waals surface area contributed by atoms with Gasteiger partial charge in [-0.05, 0) is 34.7 Å². The van der Waals surface area contributed by atoms with Crippen molar-refractivity contribution in [3.8, 4) is 5.75 Å². The summed E-state index contributed by atoms with van der Waals surface area (Å²) in [5, 5.41) is 9.06. The van der Waals surface area contributed by atoms with Gasteiger partial charge in [-0.3, -0.25) is 0 Å². The fourth-order valence-corrected chi connectivity index (χ4v) is 2.22. The Kier molecular flexibility index (Phi) is 3.11. The number of hydrogen-bond donors (Lipinski definition) is 1. The van der Waals surface area contributed by atoms with Crippen LogP contribution < -0.4 is 0 Å². The lowest BCUT2D eigenvalue weighted by Gasteiger charge is -2.09. The number of aromatic hydroxyl groups is 1. The van der Waals surface area contributed by atoms with Crippen LogP contribution >= 0.6 is 38.5 Å². The molecule has 0 aliphatic heterocycles. The summed E-state index contributed by atoms with van der Waals surface area (Å²) in [4.78, 5) is 0. The zero-order valence-electron chi connectivity index (χ0n) is 5.99. The molecule has 0 bridgehead atoms. The summed E-state index contributed by atoms with van der Waals surface area (Å²) >= 11 is 4.53. The van der Waals surface area contributed by atoms with Crippen LogP contribution in [0.2, 0.25) is 0 Å². The molecular formula is C7H3BrF3IO. The maximum absolute atomic E-state index is 12.2. The second-order valence-corrected chi connectivity index (χ2v) is 4.30. The van der Waals surface area contributed by atoms with E-state index < -0.39 is 11.7 Å². The topological polar surface area (TPSA) is 20.2 Å². The highest BCUT2D eigenvalue weighted by molar-refractivity contribution is 14.1. The first-order valence-corrected chi connectivity index (χ1v) is 4.94. The summed E-state index contributed by atoms with van der Waals surface area (Å²) in [5.41, 5.74) is -0.870. The molecule has 1 aromatic rings. The Morgan fingerprint density at radius 1 is 1.31 bits per heavy atom. The summed E-state index contributed by atoms with van der Waals surface area (Å²) in [6, 6.07) is 1.92. The Morgan fingerprint density at radius 3 is 2.31 bits per heavy atom. The molecule has 13 heavy (non-hydrogen) atoms. The molecular weight excluding hydrogens is 364 g/mol. The highest BCUT2D eigenvalue weighted by Gasteiger charge is 2.33. The smallest absolute Gasteiger partial charge is 0.417 e. The van der Waals surface area contributed by atoms with Crippen LogP contribution in [0.1, 0.15) is 5.56 Å². The third-order valence-electron chi connectivity index (χ3n) is 1.34. The fourth-order valence-electron chi connectivity index (χ4n) is 0.755. The molecule has 0 fully saturated rings. The van der Waals surface area contributed by atoms with Crippen LogP contribution in [-0.4, -0.2) is 5.11 Å². The zero-order valence-corrected chi connectivity index (χ0v) is 9.74. The number of phenols is 1. The average Bonchev–Trinajstić information content (AvgIpc) is 1.94. The minimum Gasteiger partial charge on any atom is -0.507 e. The SMILES string of the molecule is Oc1cc(C(F)(F)F)c(Br)cc1I. The summed E-state index contributed by atoms with van der Waals surface area (Å²) in [5.74, 6) is -0.365. The molecule has 0 atom stereocenters. The quantitative estimate of drug-likeness (QED) is 0.693. The maximum atomic E-state index is 12.2. The van der Waals surface area contributed by atoms with E-state index in [0.29, 0.717) is 9.64 Å². The molecule has 1 aromatic carbocycles. The first-order chi connectivity index (χ1) is 5.82. The molecule has 0 aliphatic rings. The highest BCUT2D eigenvalue weighted by Crippen LogP contribution is 2.38. The van der Waals surface area contributed by atoms with E-state index in [2.05, 4.69) is 15.9 Å². The molecule has 0 amide bonds. The summed E-state index contributed by atoms with van der Waals surface area (Å²) in [6.45, 7) is 0. The molecule has 1 nitrogen and oxygen atoms in total. The van der Waals surface area contributed by atoms with Crippen LogP contribution in [0.3, 0.4) is 0 Å². The lowest BCUT2D eigenvalue weighted by molar-refractivity contribution is -0.138. The Labute approximate surface area is 94.2 Å². The molecule has 0 aliphatic carbocycles. The van der Waals surface area contributed by atoms with Crippen molar-refractivity contribution < 1.29 is 18.3 Å². The van der Waals surface area contributed by atoms with E-state index in [4.69, 9.17) is 5.11 Å². The van der Waals surface area contributed by atoms with E-state index in [1.807, 2.05) is 0 Å². The van der Waals surface area contributed by atoms with Crippen molar-refractivity contribution in [1.29, 1.82) is 0 Å². The standard InChI is InChI=1S/C7H3BrF3IO/c8-4-2-5(12)6(13)1-3(4)7(9,10)11/h1-2,13H. The molecule has 0 aromatic heterocycles. The Bertz CT molecular complexity index is 337. The van der Waals surface area contributed by atoms with E-state index >= 15 is 0 Å². The van der Waals surface area contributed by atoms with Gasteiger partial charge in [-0.2, -0.15) is 13.2 Å². The predicted octanol–water partition coefficient (Wildman–Crippen LogP) is 3.78.